The van der Waals surface area contributed by atoms with Crippen LogP contribution in [0.5, 0.6) is 5.75 Å². The Balaban J connectivity index is 1.48. The van der Waals surface area contributed by atoms with E-state index >= 15 is 0 Å². The van der Waals surface area contributed by atoms with Gasteiger partial charge in [0, 0.05) is 24.8 Å². The lowest BCUT2D eigenvalue weighted by Crippen LogP contribution is -2.04. The van der Waals surface area contributed by atoms with E-state index in [1.165, 1.54) is 11.3 Å². The first kappa shape index (κ1) is 22.0. The Bertz CT molecular complexity index is 1170. The fourth-order valence-electron chi connectivity index (χ4n) is 3.23. The lowest BCUT2D eigenvalue weighted by Gasteiger charge is -2.06. The minimum Gasteiger partial charge on any atom is -0.494 e. The summed E-state index contributed by atoms with van der Waals surface area (Å²) in [5.74, 6) is 0.519. The Morgan fingerprint density at radius 2 is 1.72 bits per heavy atom. The number of rotatable bonds is 10. The molecule has 0 unspecified atom stereocenters. The highest BCUT2D eigenvalue weighted by molar-refractivity contribution is 7.19. The van der Waals surface area contributed by atoms with Crippen LogP contribution >= 0.6 is 11.3 Å². The number of carbonyl (C=O) groups is 1. The maximum atomic E-state index is 11.9. The SMILES string of the molecule is CCOC(=O)c1ccc(-c2cnc3sc(-c4ccc(OCCCCOC)cc4)nn23)cc1. The minimum absolute atomic E-state index is 0.323. The van der Waals surface area contributed by atoms with Gasteiger partial charge in [-0.2, -0.15) is 5.10 Å². The quantitative estimate of drug-likeness (QED) is 0.246. The summed E-state index contributed by atoms with van der Waals surface area (Å²) in [6.45, 7) is 3.57. The van der Waals surface area contributed by atoms with Crippen molar-refractivity contribution in [3.63, 3.8) is 0 Å². The summed E-state index contributed by atoms with van der Waals surface area (Å²) in [6, 6.07) is 15.2. The number of methoxy groups -OCH3 is 1. The van der Waals surface area contributed by atoms with Gasteiger partial charge in [0.25, 0.3) is 0 Å². The number of hydrogen-bond donors (Lipinski definition) is 0. The maximum absolute atomic E-state index is 11.9. The summed E-state index contributed by atoms with van der Waals surface area (Å²) in [4.78, 5) is 17.2. The van der Waals surface area contributed by atoms with Crippen LogP contribution in [0, 0.1) is 0 Å². The number of aromatic nitrogens is 3. The second kappa shape index (κ2) is 10.4. The third kappa shape index (κ3) is 4.98. The Morgan fingerprint density at radius 1 is 1.00 bits per heavy atom. The molecular formula is C24H25N3O4S. The number of benzene rings is 2. The molecule has 0 saturated heterocycles. The van der Waals surface area contributed by atoms with Crippen molar-refractivity contribution in [1.29, 1.82) is 0 Å². The second-order valence-corrected chi connectivity index (χ2v) is 8.07. The number of carbonyl (C=O) groups excluding carboxylic acids is 1. The molecule has 0 aliphatic heterocycles. The van der Waals surface area contributed by atoms with Crippen molar-refractivity contribution in [2.45, 2.75) is 19.8 Å². The van der Waals surface area contributed by atoms with Crippen molar-refractivity contribution in [3.8, 4) is 27.6 Å². The van der Waals surface area contributed by atoms with Gasteiger partial charge in [0.05, 0.1) is 30.7 Å². The van der Waals surface area contributed by atoms with E-state index in [1.54, 1.807) is 32.4 Å². The van der Waals surface area contributed by atoms with Crippen molar-refractivity contribution in [2.75, 3.05) is 26.9 Å². The molecule has 0 aliphatic carbocycles. The average Bonchev–Trinajstić information content (AvgIpc) is 3.41. The van der Waals surface area contributed by atoms with Crippen molar-refractivity contribution in [1.82, 2.24) is 14.6 Å². The topological polar surface area (TPSA) is 75.0 Å². The number of imidazole rings is 1. The third-order valence-corrected chi connectivity index (χ3v) is 5.86. The summed E-state index contributed by atoms with van der Waals surface area (Å²) >= 11 is 1.53. The van der Waals surface area contributed by atoms with Crippen LogP contribution < -0.4 is 4.74 Å². The van der Waals surface area contributed by atoms with Gasteiger partial charge in [-0.25, -0.2) is 14.3 Å². The molecule has 0 bridgehead atoms. The highest BCUT2D eigenvalue weighted by Gasteiger charge is 2.14. The van der Waals surface area contributed by atoms with Crippen LogP contribution in [0.25, 0.3) is 26.8 Å². The van der Waals surface area contributed by atoms with Gasteiger partial charge < -0.3 is 14.2 Å². The van der Waals surface area contributed by atoms with Gasteiger partial charge in [-0.1, -0.05) is 23.5 Å². The van der Waals surface area contributed by atoms with Gasteiger partial charge in [0.2, 0.25) is 4.96 Å². The molecular weight excluding hydrogens is 426 g/mol. The van der Waals surface area contributed by atoms with E-state index in [4.69, 9.17) is 19.3 Å². The molecule has 0 aliphatic rings. The van der Waals surface area contributed by atoms with Gasteiger partial charge in [-0.05, 0) is 56.2 Å². The first-order chi connectivity index (χ1) is 15.7. The van der Waals surface area contributed by atoms with Crippen LogP contribution in [-0.4, -0.2) is 47.5 Å². The molecule has 2 aromatic heterocycles. The van der Waals surface area contributed by atoms with Crippen LogP contribution in [-0.2, 0) is 9.47 Å². The number of ether oxygens (including phenoxy) is 3. The predicted octanol–water partition coefficient (Wildman–Crippen LogP) is 5.11. The van der Waals surface area contributed by atoms with E-state index in [1.807, 2.05) is 40.9 Å². The normalized spacial score (nSPS) is 11.1. The first-order valence-corrected chi connectivity index (χ1v) is 11.4. The Labute approximate surface area is 190 Å². The van der Waals surface area contributed by atoms with Crippen molar-refractivity contribution in [2.24, 2.45) is 0 Å². The largest absolute Gasteiger partial charge is 0.494 e. The molecule has 0 radical (unpaired) electrons. The Kier molecular flexibility index (Phi) is 7.14. The molecule has 32 heavy (non-hydrogen) atoms. The molecule has 0 fully saturated rings. The van der Waals surface area contributed by atoms with Crippen LogP contribution in [0.1, 0.15) is 30.1 Å². The van der Waals surface area contributed by atoms with Crippen molar-refractivity contribution >= 4 is 22.3 Å². The molecule has 0 amide bonds. The first-order valence-electron chi connectivity index (χ1n) is 10.5. The second-order valence-electron chi connectivity index (χ2n) is 7.12. The van der Waals surface area contributed by atoms with Gasteiger partial charge >= 0.3 is 5.97 Å². The fourth-order valence-corrected chi connectivity index (χ4v) is 4.11. The summed E-state index contributed by atoms with van der Waals surface area (Å²) in [7, 11) is 1.71. The minimum atomic E-state index is -0.323. The number of unbranched alkanes of at least 4 members (excludes halogenated alkanes) is 1. The standard InChI is InChI=1S/C24H25N3O4S/c1-3-30-23(28)19-8-6-17(7-9-19)21-16-25-24-27(21)26-22(32-24)18-10-12-20(13-11-18)31-15-5-4-14-29-2/h6-13,16H,3-5,14-15H2,1-2H3. The smallest absolute Gasteiger partial charge is 0.338 e. The molecule has 0 N–H and O–H groups in total. The molecule has 0 spiro atoms. The van der Waals surface area contributed by atoms with Gasteiger partial charge in [0.15, 0.2) is 0 Å². The van der Waals surface area contributed by atoms with Crippen LogP contribution in [0.4, 0.5) is 0 Å². The average molecular weight is 452 g/mol. The number of fused-ring (bicyclic) bond motifs is 1. The lowest BCUT2D eigenvalue weighted by molar-refractivity contribution is 0.0526. The number of esters is 1. The zero-order valence-electron chi connectivity index (χ0n) is 18.1. The van der Waals surface area contributed by atoms with E-state index in [0.29, 0.717) is 18.8 Å². The molecule has 4 rings (SSSR count). The maximum Gasteiger partial charge on any atom is 0.338 e. The van der Waals surface area contributed by atoms with E-state index in [0.717, 1.165) is 52.0 Å². The Hall–Kier alpha value is -3.23. The molecule has 0 saturated carbocycles. The monoisotopic (exact) mass is 451 g/mol. The van der Waals surface area contributed by atoms with Gasteiger partial charge in [0.1, 0.15) is 10.8 Å². The van der Waals surface area contributed by atoms with Crippen LogP contribution in [0.2, 0.25) is 0 Å². The third-order valence-electron chi connectivity index (χ3n) is 4.89. The number of nitrogens with zero attached hydrogens (tertiary/aromatic N) is 3. The molecule has 2 aromatic carbocycles. The Morgan fingerprint density at radius 3 is 2.44 bits per heavy atom. The highest BCUT2D eigenvalue weighted by Crippen LogP contribution is 2.30. The predicted molar refractivity (Wildman–Crippen MR) is 124 cm³/mol. The molecule has 2 heterocycles. The molecule has 0 atom stereocenters. The van der Waals surface area contributed by atoms with Gasteiger partial charge in [-0.3, -0.25) is 0 Å². The van der Waals surface area contributed by atoms with Crippen molar-refractivity contribution in [3.05, 3.63) is 60.3 Å². The number of hydrogen-bond acceptors (Lipinski definition) is 7. The summed E-state index contributed by atoms with van der Waals surface area (Å²) in [5.41, 5.74) is 3.33. The molecule has 4 aromatic rings. The molecule has 8 heteroatoms. The fraction of sp³-hybridized carbons (Fsp3) is 0.292. The highest BCUT2D eigenvalue weighted by atomic mass is 32.1. The van der Waals surface area contributed by atoms with E-state index in [-0.39, 0.29) is 5.97 Å². The van der Waals surface area contributed by atoms with Crippen molar-refractivity contribution < 1.29 is 19.0 Å². The van der Waals surface area contributed by atoms with Gasteiger partial charge in [-0.15, -0.1) is 0 Å². The summed E-state index contributed by atoms with van der Waals surface area (Å²) in [6.07, 6.45) is 3.74. The zero-order valence-corrected chi connectivity index (χ0v) is 18.9. The zero-order chi connectivity index (χ0) is 22.3. The van der Waals surface area contributed by atoms with Crippen LogP contribution in [0.15, 0.2) is 54.7 Å². The summed E-state index contributed by atoms with van der Waals surface area (Å²) in [5, 5.41) is 5.64. The van der Waals surface area contributed by atoms with E-state index < -0.39 is 0 Å². The van der Waals surface area contributed by atoms with Crippen LogP contribution in [0.3, 0.4) is 0 Å². The molecule has 7 nitrogen and oxygen atoms in total. The lowest BCUT2D eigenvalue weighted by atomic mass is 10.1. The van der Waals surface area contributed by atoms with E-state index in [2.05, 4.69) is 4.98 Å². The molecule has 166 valence electrons. The van der Waals surface area contributed by atoms with E-state index in [9.17, 15) is 4.79 Å². The summed E-state index contributed by atoms with van der Waals surface area (Å²) < 4.78 is 17.7.